The number of nitrogens with zero attached hydrogens (tertiary/aromatic N) is 3. The second kappa shape index (κ2) is 10.4. The quantitative estimate of drug-likeness (QED) is 0.751. The predicted molar refractivity (Wildman–Crippen MR) is 116 cm³/mol. The lowest BCUT2D eigenvalue weighted by molar-refractivity contribution is -0.121. The van der Waals surface area contributed by atoms with E-state index < -0.39 is 0 Å². The Balaban J connectivity index is 0.00000300. The molecule has 0 radical (unpaired) electrons. The zero-order valence-corrected chi connectivity index (χ0v) is 17.9. The topological polar surface area (TPSA) is 93.2 Å². The molecule has 1 unspecified atom stereocenters. The molecule has 1 fully saturated rings. The van der Waals surface area contributed by atoms with Crippen LogP contribution in [0.25, 0.3) is 5.69 Å². The van der Waals surface area contributed by atoms with Crippen molar-refractivity contribution in [2.24, 2.45) is 5.73 Å². The summed E-state index contributed by atoms with van der Waals surface area (Å²) in [5.41, 5.74) is 8.95. The van der Waals surface area contributed by atoms with Gasteiger partial charge in [0.2, 0.25) is 5.91 Å². The first kappa shape index (κ1) is 22.9. The fourth-order valence-electron chi connectivity index (χ4n) is 3.75. The largest absolute Gasteiger partial charge is 0.354 e. The van der Waals surface area contributed by atoms with E-state index in [0.29, 0.717) is 31.6 Å². The van der Waals surface area contributed by atoms with Gasteiger partial charge in [-0.2, -0.15) is 5.10 Å². The standard InChI is InChI=1S/C21H29N5O2.ClH/c1-15-7-3-4-9-19(15)26-16(2)18(14-24-26)21(28)25-12-6-5-8-17(25)13-23-20(27)10-11-22;/h3-4,7,9,14,17H,5-6,8,10-13,22H2,1-2H3,(H,23,27);1H. The van der Waals surface area contributed by atoms with Crippen molar-refractivity contribution in [2.75, 3.05) is 19.6 Å². The molecule has 1 aromatic heterocycles. The smallest absolute Gasteiger partial charge is 0.257 e. The van der Waals surface area contributed by atoms with Gasteiger partial charge in [-0.1, -0.05) is 18.2 Å². The highest BCUT2D eigenvalue weighted by atomic mass is 35.5. The summed E-state index contributed by atoms with van der Waals surface area (Å²) in [4.78, 5) is 26.9. The third-order valence-electron chi connectivity index (χ3n) is 5.38. The summed E-state index contributed by atoms with van der Waals surface area (Å²) < 4.78 is 1.82. The Hall–Kier alpha value is -2.38. The zero-order valence-electron chi connectivity index (χ0n) is 17.1. The van der Waals surface area contributed by atoms with Crippen molar-refractivity contribution in [3.05, 3.63) is 47.3 Å². The second-order valence-electron chi connectivity index (χ2n) is 7.33. The van der Waals surface area contributed by atoms with Crippen molar-refractivity contribution >= 4 is 24.2 Å². The maximum atomic E-state index is 13.3. The van der Waals surface area contributed by atoms with E-state index in [0.717, 1.165) is 36.2 Å². The third-order valence-corrected chi connectivity index (χ3v) is 5.38. The van der Waals surface area contributed by atoms with Crippen molar-refractivity contribution in [2.45, 2.75) is 45.6 Å². The van der Waals surface area contributed by atoms with Gasteiger partial charge in [0.05, 0.1) is 23.1 Å². The fraction of sp³-hybridized carbons (Fsp3) is 0.476. The highest BCUT2D eigenvalue weighted by molar-refractivity contribution is 5.95. The van der Waals surface area contributed by atoms with Gasteiger partial charge in [0.15, 0.2) is 0 Å². The number of carbonyl (C=O) groups excluding carboxylic acids is 2. The van der Waals surface area contributed by atoms with Crippen LogP contribution in [0.4, 0.5) is 0 Å². The molecule has 29 heavy (non-hydrogen) atoms. The molecule has 158 valence electrons. The molecule has 0 saturated carbocycles. The Morgan fingerprint density at radius 3 is 2.72 bits per heavy atom. The normalized spacial score (nSPS) is 16.2. The Kier molecular flexibility index (Phi) is 8.22. The van der Waals surface area contributed by atoms with Crippen molar-refractivity contribution in [1.82, 2.24) is 20.0 Å². The molecule has 1 aromatic carbocycles. The molecule has 0 spiro atoms. The Morgan fingerprint density at radius 2 is 2.00 bits per heavy atom. The number of piperidine rings is 1. The maximum Gasteiger partial charge on any atom is 0.257 e. The molecule has 0 bridgehead atoms. The minimum absolute atomic E-state index is 0. The van der Waals surface area contributed by atoms with Gasteiger partial charge in [0.25, 0.3) is 5.91 Å². The summed E-state index contributed by atoms with van der Waals surface area (Å²) in [5, 5.41) is 7.38. The number of para-hydroxylation sites is 1. The van der Waals surface area contributed by atoms with E-state index in [-0.39, 0.29) is 30.3 Å². The van der Waals surface area contributed by atoms with Crippen LogP contribution in [-0.4, -0.2) is 52.2 Å². The molecule has 1 saturated heterocycles. The highest BCUT2D eigenvalue weighted by Crippen LogP contribution is 2.23. The number of carbonyl (C=O) groups is 2. The van der Waals surface area contributed by atoms with Crippen LogP contribution < -0.4 is 11.1 Å². The Bertz CT molecular complexity index is 851. The first-order valence-corrected chi connectivity index (χ1v) is 9.91. The number of benzene rings is 1. The van der Waals surface area contributed by atoms with E-state index in [2.05, 4.69) is 10.4 Å². The molecule has 3 rings (SSSR count). The number of halogens is 1. The molecule has 1 aliphatic rings. The first-order chi connectivity index (χ1) is 13.5. The van der Waals surface area contributed by atoms with Gasteiger partial charge in [0, 0.05) is 32.1 Å². The molecular formula is C21H30ClN5O2. The summed E-state index contributed by atoms with van der Waals surface area (Å²) >= 11 is 0. The number of aromatic nitrogens is 2. The molecule has 2 amide bonds. The second-order valence-corrected chi connectivity index (χ2v) is 7.33. The van der Waals surface area contributed by atoms with Crippen molar-refractivity contribution in [3.63, 3.8) is 0 Å². The van der Waals surface area contributed by atoms with E-state index in [1.54, 1.807) is 6.20 Å². The number of aryl methyl sites for hydroxylation is 1. The van der Waals surface area contributed by atoms with Crippen LogP contribution in [0.1, 0.15) is 47.3 Å². The van der Waals surface area contributed by atoms with E-state index in [9.17, 15) is 9.59 Å². The van der Waals surface area contributed by atoms with Gasteiger partial charge in [-0.15, -0.1) is 12.4 Å². The summed E-state index contributed by atoms with van der Waals surface area (Å²) in [7, 11) is 0. The molecule has 2 heterocycles. The van der Waals surface area contributed by atoms with Crippen molar-refractivity contribution in [1.29, 1.82) is 0 Å². The third kappa shape index (κ3) is 5.16. The van der Waals surface area contributed by atoms with E-state index in [1.165, 1.54) is 0 Å². The minimum atomic E-state index is -0.0657. The summed E-state index contributed by atoms with van der Waals surface area (Å²) in [6, 6.07) is 7.99. The maximum absolute atomic E-state index is 13.3. The average Bonchev–Trinajstić information content (AvgIpc) is 3.08. The van der Waals surface area contributed by atoms with Gasteiger partial charge in [0.1, 0.15) is 0 Å². The number of likely N-dealkylation sites (tertiary alicyclic amines) is 1. The fourth-order valence-corrected chi connectivity index (χ4v) is 3.75. The van der Waals surface area contributed by atoms with Gasteiger partial charge >= 0.3 is 0 Å². The molecule has 1 atom stereocenters. The minimum Gasteiger partial charge on any atom is -0.354 e. The van der Waals surface area contributed by atoms with E-state index in [1.807, 2.05) is 47.7 Å². The van der Waals surface area contributed by atoms with Crippen LogP contribution in [0, 0.1) is 13.8 Å². The molecule has 1 aliphatic heterocycles. The van der Waals surface area contributed by atoms with Crippen LogP contribution in [0.5, 0.6) is 0 Å². The molecule has 3 N–H and O–H groups in total. The van der Waals surface area contributed by atoms with Crippen molar-refractivity contribution < 1.29 is 9.59 Å². The number of hydrogen-bond acceptors (Lipinski definition) is 4. The number of hydrogen-bond donors (Lipinski definition) is 2. The molecule has 8 heteroatoms. The molecule has 7 nitrogen and oxygen atoms in total. The van der Waals surface area contributed by atoms with Crippen LogP contribution in [0.2, 0.25) is 0 Å². The van der Waals surface area contributed by atoms with Gasteiger partial charge in [-0.3, -0.25) is 9.59 Å². The van der Waals surface area contributed by atoms with E-state index in [4.69, 9.17) is 5.73 Å². The van der Waals surface area contributed by atoms with Gasteiger partial charge < -0.3 is 16.0 Å². The molecular weight excluding hydrogens is 390 g/mol. The number of rotatable bonds is 6. The summed E-state index contributed by atoms with van der Waals surface area (Å²) in [5.74, 6) is -0.0841. The lowest BCUT2D eigenvalue weighted by Gasteiger charge is -2.36. The molecule has 0 aliphatic carbocycles. The lowest BCUT2D eigenvalue weighted by atomic mass is 10.0. The van der Waals surface area contributed by atoms with E-state index >= 15 is 0 Å². The van der Waals surface area contributed by atoms with Crippen LogP contribution >= 0.6 is 12.4 Å². The Morgan fingerprint density at radius 1 is 1.24 bits per heavy atom. The van der Waals surface area contributed by atoms with Crippen molar-refractivity contribution in [3.8, 4) is 5.69 Å². The SMILES string of the molecule is Cc1ccccc1-n1ncc(C(=O)N2CCCCC2CNC(=O)CCN)c1C.Cl. The van der Waals surface area contributed by atoms with Crippen LogP contribution in [0.15, 0.2) is 30.5 Å². The number of nitrogens with two attached hydrogens (primary N) is 1. The Labute approximate surface area is 178 Å². The number of nitrogens with one attached hydrogen (secondary N) is 1. The zero-order chi connectivity index (χ0) is 20.1. The lowest BCUT2D eigenvalue weighted by Crippen LogP contribution is -2.49. The monoisotopic (exact) mass is 419 g/mol. The summed E-state index contributed by atoms with van der Waals surface area (Å²) in [6.07, 6.45) is 4.89. The molecule has 2 aromatic rings. The predicted octanol–water partition coefficient (Wildman–Crippen LogP) is 2.37. The highest BCUT2D eigenvalue weighted by Gasteiger charge is 2.30. The van der Waals surface area contributed by atoms with Gasteiger partial charge in [-0.05, 0) is 44.7 Å². The number of amides is 2. The van der Waals surface area contributed by atoms with Crippen LogP contribution in [-0.2, 0) is 4.79 Å². The van der Waals surface area contributed by atoms with Crippen LogP contribution in [0.3, 0.4) is 0 Å². The first-order valence-electron chi connectivity index (χ1n) is 9.91. The average molecular weight is 420 g/mol. The van der Waals surface area contributed by atoms with Gasteiger partial charge in [-0.25, -0.2) is 4.68 Å². The summed E-state index contributed by atoms with van der Waals surface area (Å²) in [6.45, 7) is 5.45.